The average Bonchev–Trinajstić information content (AvgIpc) is 2.79. The van der Waals surface area contributed by atoms with E-state index in [0.717, 1.165) is 5.75 Å². The van der Waals surface area contributed by atoms with Gasteiger partial charge in [-0.1, -0.05) is 0 Å². The Bertz CT molecular complexity index is 394. The average molecular weight is 206 g/mol. The molecule has 1 aromatic rings. The van der Waals surface area contributed by atoms with Crippen molar-refractivity contribution in [3.05, 3.63) is 28.8 Å². The minimum Gasteiger partial charge on any atom is -0.496 e. The van der Waals surface area contributed by atoms with E-state index in [0.29, 0.717) is 0 Å². The summed E-state index contributed by atoms with van der Waals surface area (Å²) in [7, 11) is 1.71. The van der Waals surface area contributed by atoms with Crippen molar-refractivity contribution < 1.29 is 9.47 Å². The van der Waals surface area contributed by atoms with Gasteiger partial charge in [-0.05, 0) is 51.0 Å². The highest BCUT2D eigenvalue weighted by molar-refractivity contribution is 5.45. The molecule has 0 aliphatic carbocycles. The highest BCUT2D eigenvalue weighted by atomic mass is 16.6. The number of ether oxygens (including phenoxy) is 2. The van der Waals surface area contributed by atoms with Crippen LogP contribution >= 0.6 is 0 Å². The number of hydrogen-bond acceptors (Lipinski definition) is 2. The first-order valence-corrected chi connectivity index (χ1v) is 5.28. The lowest BCUT2D eigenvalue weighted by Crippen LogP contribution is -2.00. The van der Waals surface area contributed by atoms with Crippen LogP contribution in [-0.4, -0.2) is 12.7 Å². The van der Waals surface area contributed by atoms with Crippen LogP contribution in [0.5, 0.6) is 5.75 Å². The molecule has 0 saturated carbocycles. The Balaban J connectivity index is 2.43. The summed E-state index contributed by atoms with van der Waals surface area (Å²) < 4.78 is 11.0. The molecule has 2 rings (SSSR count). The Morgan fingerprint density at radius 2 is 1.73 bits per heavy atom. The minimum atomic E-state index is -0.0328. The first-order chi connectivity index (χ1) is 6.95. The van der Waals surface area contributed by atoms with Gasteiger partial charge in [0.25, 0.3) is 0 Å². The van der Waals surface area contributed by atoms with Gasteiger partial charge < -0.3 is 9.47 Å². The SMILES string of the molecule is COc1cc(C)c(C)cc1C1OC1(C)C. The van der Waals surface area contributed by atoms with Crippen molar-refractivity contribution in [3.63, 3.8) is 0 Å². The molecular weight excluding hydrogens is 188 g/mol. The van der Waals surface area contributed by atoms with Crippen LogP contribution in [0.4, 0.5) is 0 Å². The summed E-state index contributed by atoms with van der Waals surface area (Å²) in [6.07, 6.45) is 0.187. The van der Waals surface area contributed by atoms with Gasteiger partial charge in [0, 0.05) is 5.56 Å². The fraction of sp³-hybridized carbons (Fsp3) is 0.538. The van der Waals surface area contributed by atoms with Crippen molar-refractivity contribution in [3.8, 4) is 5.75 Å². The Labute approximate surface area is 91.2 Å². The Morgan fingerprint density at radius 3 is 2.20 bits per heavy atom. The normalized spacial score (nSPS) is 22.6. The number of benzene rings is 1. The highest BCUT2D eigenvalue weighted by Gasteiger charge is 2.50. The molecule has 1 aliphatic heterocycles. The van der Waals surface area contributed by atoms with Crippen LogP contribution in [0.25, 0.3) is 0 Å². The quantitative estimate of drug-likeness (QED) is 0.693. The molecule has 1 fully saturated rings. The van der Waals surface area contributed by atoms with Crippen LogP contribution in [0.2, 0.25) is 0 Å². The molecule has 1 aromatic carbocycles. The van der Waals surface area contributed by atoms with Gasteiger partial charge in [0.05, 0.1) is 12.7 Å². The van der Waals surface area contributed by atoms with Crippen molar-refractivity contribution in [1.29, 1.82) is 0 Å². The Hall–Kier alpha value is -1.02. The van der Waals surface area contributed by atoms with Gasteiger partial charge in [-0.25, -0.2) is 0 Å². The molecule has 2 heteroatoms. The predicted molar refractivity (Wildman–Crippen MR) is 60.4 cm³/mol. The first-order valence-electron chi connectivity index (χ1n) is 5.28. The second-order valence-corrected chi connectivity index (χ2v) is 4.78. The topological polar surface area (TPSA) is 21.8 Å². The largest absolute Gasteiger partial charge is 0.496 e. The number of rotatable bonds is 2. The molecule has 1 aliphatic rings. The monoisotopic (exact) mass is 206 g/mol. The molecule has 0 amide bonds. The Morgan fingerprint density at radius 1 is 1.20 bits per heavy atom. The van der Waals surface area contributed by atoms with E-state index in [9.17, 15) is 0 Å². The summed E-state index contributed by atoms with van der Waals surface area (Å²) in [4.78, 5) is 0. The fourth-order valence-corrected chi connectivity index (χ4v) is 1.90. The third kappa shape index (κ3) is 1.74. The molecule has 1 unspecified atom stereocenters. The molecule has 0 spiro atoms. The van der Waals surface area contributed by atoms with Crippen LogP contribution in [0.1, 0.15) is 36.6 Å². The molecule has 0 aromatic heterocycles. The van der Waals surface area contributed by atoms with Crippen molar-refractivity contribution in [2.75, 3.05) is 7.11 Å². The summed E-state index contributed by atoms with van der Waals surface area (Å²) >= 11 is 0. The van der Waals surface area contributed by atoms with Crippen molar-refractivity contribution in [2.45, 2.75) is 39.4 Å². The molecule has 0 radical (unpaired) electrons. The first kappa shape index (κ1) is 10.5. The standard InChI is InChI=1S/C13H18O2/c1-8-6-10(12-13(3,4)15-12)11(14-5)7-9(8)2/h6-7,12H,1-5H3. The van der Waals surface area contributed by atoms with Crippen LogP contribution in [0.15, 0.2) is 12.1 Å². The predicted octanol–water partition coefficient (Wildman–Crippen LogP) is 3.16. The molecule has 1 heterocycles. The second kappa shape index (κ2) is 3.24. The van der Waals surface area contributed by atoms with E-state index in [1.165, 1.54) is 16.7 Å². The molecule has 0 bridgehead atoms. The molecule has 1 saturated heterocycles. The van der Waals surface area contributed by atoms with E-state index < -0.39 is 0 Å². The lowest BCUT2D eigenvalue weighted by atomic mass is 9.98. The lowest BCUT2D eigenvalue weighted by Gasteiger charge is -2.10. The van der Waals surface area contributed by atoms with Gasteiger partial charge in [-0.2, -0.15) is 0 Å². The van der Waals surface area contributed by atoms with Crippen LogP contribution in [-0.2, 0) is 4.74 Å². The highest BCUT2D eigenvalue weighted by Crippen LogP contribution is 2.51. The number of aryl methyl sites for hydroxylation is 2. The zero-order valence-corrected chi connectivity index (χ0v) is 10.0. The molecular formula is C13H18O2. The van der Waals surface area contributed by atoms with Gasteiger partial charge in [-0.15, -0.1) is 0 Å². The van der Waals surface area contributed by atoms with E-state index in [4.69, 9.17) is 9.47 Å². The van der Waals surface area contributed by atoms with Gasteiger partial charge in [-0.3, -0.25) is 0 Å². The third-order valence-electron chi connectivity index (χ3n) is 3.12. The third-order valence-corrected chi connectivity index (χ3v) is 3.12. The molecule has 2 nitrogen and oxygen atoms in total. The summed E-state index contributed by atoms with van der Waals surface area (Å²) in [5.41, 5.74) is 3.69. The maximum atomic E-state index is 5.65. The zero-order chi connectivity index (χ0) is 11.2. The smallest absolute Gasteiger partial charge is 0.125 e. The zero-order valence-electron chi connectivity index (χ0n) is 10.0. The number of methoxy groups -OCH3 is 1. The summed E-state index contributed by atoms with van der Waals surface area (Å²) in [6, 6.07) is 4.26. The summed E-state index contributed by atoms with van der Waals surface area (Å²) in [5.74, 6) is 0.939. The number of epoxide rings is 1. The van der Waals surface area contributed by atoms with Crippen molar-refractivity contribution in [2.24, 2.45) is 0 Å². The van der Waals surface area contributed by atoms with Crippen LogP contribution in [0.3, 0.4) is 0 Å². The summed E-state index contributed by atoms with van der Waals surface area (Å²) in [6.45, 7) is 8.42. The van der Waals surface area contributed by atoms with Gasteiger partial charge in [0.15, 0.2) is 0 Å². The van der Waals surface area contributed by atoms with Crippen LogP contribution < -0.4 is 4.74 Å². The molecule has 1 atom stereocenters. The second-order valence-electron chi connectivity index (χ2n) is 4.78. The van der Waals surface area contributed by atoms with Crippen molar-refractivity contribution >= 4 is 0 Å². The van der Waals surface area contributed by atoms with Crippen LogP contribution in [0, 0.1) is 13.8 Å². The van der Waals surface area contributed by atoms with E-state index >= 15 is 0 Å². The van der Waals surface area contributed by atoms with E-state index in [1.54, 1.807) is 7.11 Å². The van der Waals surface area contributed by atoms with Gasteiger partial charge in [0.2, 0.25) is 0 Å². The van der Waals surface area contributed by atoms with E-state index in [1.807, 2.05) is 0 Å². The van der Waals surface area contributed by atoms with E-state index in [2.05, 4.69) is 39.8 Å². The van der Waals surface area contributed by atoms with Gasteiger partial charge in [0.1, 0.15) is 11.9 Å². The minimum absolute atomic E-state index is 0.0328. The lowest BCUT2D eigenvalue weighted by molar-refractivity contribution is 0.322. The summed E-state index contributed by atoms with van der Waals surface area (Å²) in [5, 5.41) is 0. The number of hydrogen-bond donors (Lipinski definition) is 0. The van der Waals surface area contributed by atoms with E-state index in [-0.39, 0.29) is 11.7 Å². The molecule has 15 heavy (non-hydrogen) atoms. The Kier molecular flexibility index (Phi) is 2.27. The molecule has 82 valence electrons. The molecule has 0 N–H and O–H groups in total. The van der Waals surface area contributed by atoms with Gasteiger partial charge >= 0.3 is 0 Å². The maximum Gasteiger partial charge on any atom is 0.125 e. The maximum absolute atomic E-state index is 5.65. The van der Waals surface area contributed by atoms with Crippen molar-refractivity contribution in [1.82, 2.24) is 0 Å². The fourth-order valence-electron chi connectivity index (χ4n) is 1.90.